The molecule has 27 heavy (non-hydrogen) atoms. The van der Waals surface area contributed by atoms with Crippen molar-refractivity contribution in [2.45, 2.75) is 18.2 Å². The van der Waals surface area contributed by atoms with Crippen molar-refractivity contribution in [1.82, 2.24) is 9.71 Å². The lowest BCUT2D eigenvalue weighted by atomic mass is 10.2. The summed E-state index contributed by atoms with van der Waals surface area (Å²) in [6.07, 6.45) is 0.640. The quantitative estimate of drug-likeness (QED) is 0.636. The standard InChI is InChI=1S/C19H19N3O3S2/c1-14-4-2-6-18(21-14)22-19(23)15-7-9-17(10-8-15)27(24,25)20-12-11-16-5-3-13-26-16/h2-10,13,20H,11-12H2,1H3,(H,21,22,23). The van der Waals surface area contributed by atoms with E-state index in [2.05, 4.69) is 15.0 Å². The van der Waals surface area contributed by atoms with Gasteiger partial charge in [-0.1, -0.05) is 12.1 Å². The molecule has 140 valence electrons. The normalized spacial score (nSPS) is 11.3. The summed E-state index contributed by atoms with van der Waals surface area (Å²) < 4.78 is 27.3. The summed E-state index contributed by atoms with van der Waals surface area (Å²) in [5, 5.41) is 4.65. The number of nitrogens with one attached hydrogen (secondary N) is 2. The molecule has 0 aliphatic rings. The van der Waals surface area contributed by atoms with E-state index in [1.165, 1.54) is 24.3 Å². The van der Waals surface area contributed by atoms with Gasteiger partial charge in [0.25, 0.3) is 5.91 Å². The van der Waals surface area contributed by atoms with Crippen molar-refractivity contribution in [3.63, 3.8) is 0 Å². The van der Waals surface area contributed by atoms with Crippen molar-refractivity contribution < 1.29 is 13.2 Å². The molecule has 3 rings (SSSR count). The Kier molecular flexibility index (Phi) is 6.00. The summed E-state index contributed by atoms with van der Waals surface area (Å²) in [5.74, 6) is 0.106. The predicted octanol–water partition coefficient (Wildman–Crippen LogP) is 3.22. The van der Waals surface area contributed by atoms with E-state index in [1.807, 2.05) is 30.5 Å². The number of aromatic nitrogens is 1. The van der Waals surface area contributed by atoms with E-state index >= 15 is 0 Å². The Balaban J connectivity index is 1.62. The summed E-state index contributed by atoms with van der Waals surface area (Å²) in [6, 6.07) is 15.0. The van der Waals surface area contributed by atoms with Gasteiger partial charge in [0.05, 0.1) is 4.90 Å². The first-order chi connectivity index (χ1) is 12.9. The number of amides is 1. The average molecular weight is 402 g/mol. The highest BCUT2D eigenvalue weighted by Crippen LogP contribution is 2.13. The van der Waals surface area contributed by atoms with E-state index in [4.69, 9.17) is 0 Å². The van der Waals surface area contributed by atoms with Gasteiger partial charge in [0.1, 0.15) is 5.82 Å². The van der Waals surface area contributed by atoms with Gasteiger partial charge >= 0.3 is 0 Å². The molecule has 3 aromatic rings. The smallest absolute Gasteiger partial charge is 0.256 e. The monoisotopic (exact) mass is 401 g/mol. The Morgan fingerprint density at radius 3 is 2.52 bits per heavy atom. The molecule has 0 saturated heterocycles. The molecule has 0 fully saturated rings. The predicted molar refractivity (Wildman–Crippen MR) is 107 cm³/mol. The van der Waals surface area contributed by atoms with Gasteiger partial charge in [0.2, 0.25) is 10.0 Å². The molecule has 2 aromatic heterocycles. The van der Waals surface area contributed by atoms with Crippen LogP contribution in [0.25, 0.3) is 0 Å². The number of rotatable bonds is 7. The third kappa shape index (κ3) is 5.22. The third-order valence-electron chi connectivity index (χ3n) is 3.80. The van der Waals surface area contributed by atoms with Crippen molar-refractivity contribution >= 4 is 33.1 Å². The summed E-state index contributed by atoms with van der Waals surface area (Å²) in [6.45, 7) is 2.16. The lowest BCUT2D eigenvalue weighted by Gasteiger charge is -2.08. The number of sulfonamides is 1. The van der Waals surface area contributed by atoms with Crippen LogP contribution in [0.1, 0.15) is 20.9 Å². The second-order valence-corrected chi connectivity index (χ2v) is 8.67. The molecule has 0 aliphatic carbocycles. The zero-order chi connectivity index (χ0) is 19.3. The van der Waals surface area contributed by atoms with Gasteiger partial charge in [-0.3, -0.25) is 4.79 Å². The molecule has 0 saturated carbocycles. The number of nitrogens with zero attached hydrogens (tertiary/aromatic N) is 1. The average Bonchev–Trinajstić information content (AvgIpc) is 3.15. The highest BCUT2D eigenvalue weighted by Gasteiger charge is 2.15. The van der Waals surface area contributed by atoms with Gasteiger partial charge in [-0.15, -0.1) is 11.3 Å². The van der Waals surface area contributed by atoms with Gasteiger partial charge in [-0.25, -0.2) is 18.1 Å². The van der Waals surface area contributed by atoms with E-state index in [0.29, 0.717) is 24.3 Å². The van der Waals surface area contributed by atoms with E-state index in [0.717, 1.165) is 10.6 Å². The second kappa shape index (κ2) is 8.43. The highest BCUT2D eigenvalue weighted by atomic mass is 32.2. The molecule has 0 bridgehead atoms. The number of thiophene rings is 1. The van der Waals surface area contributed by atoms with Gasteiger partial charge < -0.3 is 5.32 Å². The van der Waals surface area contributed by atoms with Crippen LogP contribution < -0.4 is 10.0 Å². The molecule has 2 N–H and O–H groups in total. The van der Waals surface area contributed by atoms with Crippen LogP contribution in [0.4, 0.5) is 5.82 Å². The van der Waals surface area contributed by atoms with Gasteiger partial charge in [-0.05, 0) is 61.2 Å². The van der Waals surface area contributed by atoms with Crippen LogP contribution in [0.5, 0.6) is 0 Å². The first-order valence-electron chi connectivity index (χ1n) is 8.31. The zero-order valence-corrected chi connectivity index (χ0v) is 16.3. The molecule has 0 radical (unpaired) electrons. The first-order valence-corrected chi connectivity index (χ1v) is 10.7. The Hall–Kier alpha value is -2.55. The SMILES string of the molecule is Cc1cccc(NC(=O)c2ccc(S(=O)(=O)NCCc3cccs3)cc2)n1. The Morgan fingerprint density at radius 1 is 1.07 bits per heavy atom. The number of anilines is 1. The maximum atomic E-state index is 12.4. The number of hydrogen-bond donors (Lipinski definition) is 2. The fourth-order valence-corrected chi connectivity index (χ4v) is 4.17. The van der Waals surface area contributed by atoms with E-state index in [1.54, 1.807) is 23.5 Å². The number of carbonyl (C=O) groups excluding carboxylic acids is 1. The highest BCUT2D eigenvalue weighted by molar-refractivity contribution is 7.89. The van der Waals surface area contributed by atoms with Crippen molar-refractivity contribution in [1.29, 1.82) is 0 Å². The maximum absolute atomic E-state index is 12.4. The van der Waals surface area contributed by atoms with Crippen molar-refractivity contribution in [2.75, 3.05) is 11.9 Å². The van der Waals surface area contributed by atoms with Crippen LogP contribution in [-0.4, -0.2) is 25.9 Å². The minimum absolute atomic E-state index is 0.124. The lowest BCUT2D eigenvalue weighted by Crippen LogP contribution is -2.26. The van der Waals surface area contributed by atoms with Crippen LogP contribution in [0, 0.1) is 6.92 Å². The molecular weight excluding hydrogens is 382 g/mol. The maximum Gasteiger partial charge on any atom is 0.256 e. The van der Waals surface area contributed by atoms with E-state index < -0.39 is 10.0 Å². The Bertz CT molecular complexity index is 1010. The van der Waals surface area contributed by atoms with E-state index in [9.17, 15) is 13.2 Å². The van der Waals surface area contributed by atoms with Crippen LogP contribution in [0.2, 0.25) is 0 Å². The summed E-state index contributed by atoms with van der Waals surface area (Å²) in [7, 11) is -3.61. The number of pyridine rings is 1. The van der Waals surface area contributed by atoms with Gasteiger partial charge in [0.15, 0.2) is 0 Å². The third-order valence-corrected chi connectivity index (χ3v) is 6.21. The molecule has 0 spiro atoms. The molecule has 6 nitrogen and oxygen atoms in total. The summed E-state index contributed by atoms with van der Waals surface area (Å²) >= 11 is 1.59. The molecular formula is C19H19N3O3S2. The molecule has 0 aliphatic heterocycles. The van der Waals surface area contributed by atoms with Crippen LogP contribution >= 0.6 is 11.3 Å². The van der Waals surface area contributed by atoms with Crippen LogP contribution in [-0.2, 0) is 16.4 Å². The fraction of sp³-hybridized carbons (Fsp3) is 0.158. The second-order valence-electron chi connectivity index (χ2n) is 5.87. The largest absolute Gasteiger partial charge is 0.307 e. The van der Waals surface area contributed by atoms with Crippen molar-refractivity contribution in [3.8, 4) is 0 Å². The summed E-state index contributed by atoms with van der Waals surface area (Å²) in [5.41, 5.74) is 1.15. The molecule has 0 atom stereocenters. The number of benzene rings is 1. The Labute approximate surface area is 162 Å². The topological polar surface area (TPSA) is 88.2 Å². The minimum Gasteiger partial charge on any atom is -0.307 e. The first kappa shape index (κ1) is 19.2. The molecule has 0 unspecified atom stereocenters. The summed E-state index contributed by atoms with van der Waals surface area (Å²) in [4.78, 5) is 17.7. The lowest BCUT2D eigenvalue weighted by molar-refractivity contribution is 0.102. The van der Waals surface area contributed by atoms with Crippen LogP contribution in [0.3, 0.4) is 0 Å². The number of hydrogen-bond acceptors (Lipinski definition) is 5. The molecule has 8 heteroatoms. The zero-order valence-electron chi connectivity index (χ0n) is 14.7. The minimum atomic E-state index is -3.61. The Morgan fingerprint density at radius 2 is 1.85 bits per heavy atom. The van der Waals surface area contributed by atoms with Crippen molar-refractivity contribution in [2.24, 2.45) is 0 Å². The van der Waals surface area contributed by atoms with Crippen molar-refractivity contribution in [3.05, 3.63) is 76.1 Å². The van der Waals surface area contributed by atoms with Gasteiger partial charge in [0, 0.05) is 22.7 Å². The number of aryl methyl sites for hydroxylation is 1. The molecule has 2 heterocycles. The fourth-order valence-electron chi connectivity index (χ4n) is 2.43. The number of carbonyl (C=O) groups is 1. The van der Waals surface area contributed by atoms with Crippen LogP contribution in [0.15, 0.2) is 64.9 Å². The molecule has 1 amide bonds. The molecule has 1 aromatic carbocycles. The van der Waals surface area contributed by atoms with Gasteiger partial charge in [-0.2, -0.15) is 0 Å². The van der Waals surface area contributed by atoms with E-state index in [-0.39, 0.29) is 10.8 Å².